The van der Waals surface area contributed by atoms with Crippen LogP contribution in [-0.4, -0.2) is 71.4 Å². The first-order chi connectivity index (χ1) is 12.0. The number of carboxylic acid groups (broad SMARTS) is 1. The normalized spacial score (nSPS) is 17.5. The van der Waals surface area contributed by atoms with Gasteiger partial charge in [0.2, 0.25) is 0 Å². The second kappa shape index (κ2) is 6.99. The molecule has 3 rings (SSSR count). The highest BCUT2D eigenvalue weighted by Crippen LogP contribution is 2.24. The lowest BCUT2D eigenvalue weighted by molar-refractivity contribution is -0.137. The summed E-state index contributed by atoms with van der Waals surface area (Å²) >= 11 is 0. The lowest BCUT2D eigenvalue weighted by Gasteiger charge is -2.27. The van der Waals surface area contributed by atoms with Crippen molar-refractivity contribution >= 4 is 23.7 Å². The Balaban J connectivity index is 1.74. The molecule has 0 bridgehead atoms. The molecule has 0 aromatic heterocycles. The van der Waals surface area contributed by atoms with Crippen LogP contribution in [0.25, 0.3) is 0 Å². The van der Waals surface area contributed by atoms with Gasteiger partial charge in [-0.2, -0.15) is 0 Å². The van der Waals surface area contributed by atoms with E-state index in [0.717, 1.165) is 18.0 Å². The van der Waals surface area contributed by atoms with Crippen molar-refractivity contribution in [3.8, 4) is 0 Å². The second-order valence-corrected chi connectivity index (χ2v) is 5.84. The van der Waals surface area contributed by atoms with Crippen molar-refractivity contribution in [1.29, 1.82) is 0 Å². The highest BCUT2D eigenvalue weighted by molar-refractivity contribution is 6.22. The van der Waals surface area contributed by atoms with E-state index in [9.17, 15) is 19.2 Å². The molecule has 1 aromatic carbocycles. The molecule has 1 fully saturated rings. The molecule has 25 heavy (non-hydrogen) atoms. The third-order valence-corrected chi connectivity index (χ3v) is 4.16. The average Bonchev–Trinajstić information content (AvgIpc) is 2.84. The Kier molecular flexibility index (Phi) is 4.77. The Morgan fingerprint density at radius 2 is 1.80 bits per heavy atom. The third kappa shape index (κ3) is 3.52. The van der Waals surface area contributed by atoms with E-state index in [4.69, 9.17) is 5.11 Å². The SMILES string of the molecule is O=C(O)CCN1C(=O)c2ccc(C(=O)NN3CCNCC3)cc2C1=O. The highest BCUT2D eigenvalue weighted by Gasteiger charge is 2.36. The Hall–Kier alpha value is -2.78. The van der Waals surface area contributed by atoms with Crippen LogP contribution in [0.5, 0.6) is 0 Å². The number of imide groups is 1. The van der Waals surface area contributed by atoms with Crippen LogP contribution in [0, 0.1) is 0 Å². The number of benzene rings is 1. The lowest BCUT2D eigenvalue weighted by Crippen LogP contribution is -2.52. The summed E-state index contributed by atoms with van der Waals surface area (Å²) in [4.78, 5) is 48.5. The number of carbonyl (C=O) groups excluding carboxylic acids is 3. The fourth-order valence-corrected chi connectivity index (χ4v) is 2.83. The first kappa shape index (κ1) is 17.1. The van der Waals surface area contributed by atoms with Gasteiger partial charge < -0.3 is 10.4 Å². The summed E-state index contributed by atoms with van der Waals surface area (Å²) < 4.78 is 0. The molecule has 0 spiro atoms. The van der Waals surface area contributed by atoms with Gasteiger partial charge in [0.1, 0.15) is 0 Å². The molecule has 0 saturated carbocycles. The zero-order valence-electron chi connectivity index (χ0n) is 13.4. The minimum atomic E-state index is -1.09. The first-order valence-electron chi connectivity index (χ1n) is 7.96. The summed E-state index contributed by atoms with van der Waals surface area (Å²) in [6, 6.07) is 4.30. The summed E-state index contributed by atoms with van der Waals surface area (Å²) in [5.41, 5.74) is 3.36. The number of hydrazine groups is 1. The Labute approximate surface area is 143 Å². The molecule has 1 aromatic rings. The van der Waals surface area contributed by atoms with Gasteiger partial charge in [0.05, 0.1) is 17.5 Å². The fourth-order valence-electron chi connectivity index (χ4n) is 2.83. The molecule has 3 N–H and O–H groups in total. The van der Waals surface area contributed by atoms with Crippen LogP contribution < -0.4 is 10.7 Å². The van der Waals surface area contributed by atoms with Gasteiger partial charge in [-0.05, 0) is 18.2 Å². The summed E-state index contributed by atoms with van der Waals surface area (Å²) in [5, 5.41) is 13.7. The maximum absolute atomic E-state index is 12.3. The minimum absolute atomic E-state index is 0.128. The number of piperazine rings is 1. The van der Waals surface area contributed by atoms with E-state index in [1.165, 1.54) is 18.2 Å². The van der Waals surface area contributed by atoms with Crippen molar-refractivity contribution < 1.29 is 24.3 Å². The summed E-state index contributed by atoms with van der Waals surface area (Å²) in [6.45, 7) is 2.71. The molecule has 9 heteroatoms. The number of nitrogens with one attached hydrogen (secondary N) is 2. The summed E-state index contributed by atoms with van der Waals surface area (Å²) in [5.74, 6) is -2.55. The van der Waals surface area contributed by atoms with Gasteiger partial charge in [-0.15, -0.1) is 0 Å². The number of rotatable bonds is 5. The molecule has 9 nitrogen and oxygen atoms in total. The van der Waals surface area contributed by atoms with E-state index < -0.39 is 17.8 Å². The number of fused-ring (bicyclic) bond motifs is 1. The lowest BCUT2D eigenvalue weighted by atomic mass is 10.1. The van der Waals surface area contributed by atoms with Crippen LogP contribution in [0.4, 0.5) is 0 Å². The second-order valence-electron chi connectivity index (χ2n) is 5.84. The van der Waals surface area contributed by atoms with E-state index in [-0.39, 0.29) is 35.6 Å². The number of carboxylic acids is 1. The fraction of sp³-hybridized carbons (Fsp3) is 0.375. The topological polar surface area (TPSA) is 119 Å². The van der Waals surface area contributed by atoms with Crippen molar-refractivity contribution in [2.75, 3.05) is 32.7 Å². The number of carbonyl (C=O) groups is 4. The quantitative estimate of drug-likeness (QED) is 0.604. The maximum Gasteiger partial charge on any atom is 0.305 e. The van der Waals surface area contributed by atoms with E-state index in [2.05, 4.69) is 10.7 Å². The van der Waals surface area contributed by atoms with Crippen molar-refractivity contribution in [3.05, 3.63) is 34.9 Å². The average molecular weight is 346 g/mol. The van der Waals surface area contributed by atoms with Crippen LogP contribution in [0.1, 0.15) is 37.5 Å². The molecule has 0 radical (unpaired) electrons. The molecule has 3 amide bonds. The molecule has 2 aliphatic heterocycles. The maximum atomic E-state index is 12.3. The smallest absolute Gasteiger partial charge is 0.305 e. The molecule has 2 heterocycles. The molecule has 0 aliphatic carbocycles. The molecule has 0 atom stereocenters. The Bertz CT molecular complexity index is 742. The molecule has 1 saturated heterocycles. The molecule has 132 valence electrons. The monoisotopic (exact) mass is 346 g/mol. The van der Waals surface area contributed by atoms with Gasteiger partial charge >= 0.3 is 5.97 Å². The third-order valence-electron chi connectivity index (χ3n) is 4.16. The number of aliphatic carboxylic acids is 1. The number of amides is 3. The van der Waals surface area contributed by atoms with Gasteiger partial charge in [-0.3, -0.25) is 29.5 Å². The van der Waals surface area contributed by atoms with E-state index in [1.807, 2.05) is 0 Å². The van der Waals surface area contributed by atoms with Crippen LogP contribution >= 0.6 is 0 Å². The standard InChI is InChI=1S/C16H18N4O5/c21-13(22)3-6-20-15(24)11-2-1-10(9-12(11)16(20)25)14(23)18-19-7-4-17-5-8-19/h1-2,9,17H,3-8H2,(H,18,23)(H,21,22). The predicted molar refractivity (Wildman–Crippen MR) is 86.0 cm³/mol. The van der Waals surface area contributed by atoms with Gasteiger partial charge in [-0.25, -0.2) is 5.01 Å². The van der Waals surface area contributed by atoms with Crippen LogP contribution in [-0.2, 0) is 4.79 Å². The zero-order chi connectivity index (χ0) is 18.0. The van der Waals surface area contributed by atoms with Crippen molar-refractivity contribution in [3.63, 3.8) is 0 Å². The van der Waals surface area contributed by atoms with Crippen molar-refractivity contribution in [2.45, 2.75) is 6.42 Å². The summed E-state index contributed by atoms with van der Waals surface area (Å²) in [7, 11) is 0. The molecular formula is C16H18N4O5. The van der Waals surface area contributed by atoms with Gasteiger partial charge in [0.25, 0.3) is 17.7 Å². The van der Waals surface area contributed by atoms with Crippen LogP contribution in [0.2, 0.25) is 0 Å². The Morgan fingerprint density at radius 1 is 1.12 bits per heavy atom. The van der Waals surface area contributed by atoms with E-state index in [1.54, 1.807) is 5.01 Å². The van der Waals surface area contributed by atoms with Crippen LogP contribution in [0.3, 0.4) is 0 Å². The van der Waals surface area contributed by atoms with Gasteiger partial charge in [0.15, 0.2) is 0 Å². The molecular weight excluding hydrogens is 328 g/mol. The molecule has 0 unspecified atom stereocenters. The largest absolute Gasteiger partial charge is 0.481 e. The van der Waals surface area contributed by atoms with Crippen LogP contribution in [0.15, 0.2) is 18.2 Å². The minimum Gasteiger partial charge on any atom is -0.481 e. The number of nitrogens with zero attached hydrogens (tertiary/aromatic N) is 2. The Morgan fingerprint density at radius 3 is 2.48 bits per heavy atom. The van der Waals surface area contributed by atoms with Crippen molar-refractivity contribution in [1.82, 2.24) is 20.7 Å². The van der Waals surface area contributed by atoms with E-state index >= 15 is 0 Å². The zero-order valence-corrected chi connectivity index (χ0v) is 13.4. The predicted octanol–water partition coefficient (Wildman–Crippen LogP) is -0.693. The number of hydrogen-bond donors (Lipinski definition) is 3. The number of hydrogen-bond acceptors (Lipinski definition) is 6. The van der Waals surface area contributed by atoms with Crippen molar-refractivity contribution in [2.24, 2.45) is 0 Å². The highest BCUT2D eigenvalue weighted by atomic mass is 16.4. The van der Waals surface area contributed by atoms with Gasteiger partial charge in [0, 0.05) is 38.3 Å². The molecule has 2 aliphatic rings. The summed E-state index contributed by atoms with van der Waals surface area (Å²) in [6.07, 6.45) is -0.318. The van der Waals surface area contributed by atoms with Gasteiger partial charge in [-0.1, -0.05) is 0 Å². The van der Waals surface area contributed by atoms with E-state index in [0.29, 0.717) is 13.1 Å². The first-order valence-corrected chi connectivity index (χ1v) is 7.96.